The van der Waals surface area contributed by atoms with Gasteiger partial charge in [0, 0.05) is 12.3 Å². The van der Waals surface area contributed by atoms with E-state index >= 15 is 0 Å². The summed E-state index contributed by atoms with van der Waals surface area (Å²) in [6.07, 6.45) is 4.96. The van der Waals surface area contributed by atoms with E-state index in [-0.39, 0.29) is 23.1 Å². The van der Waals surface area contributed by atoms with Crippen LogP contribution in [0.2, 0.25) is 0 Å². The maximum absolute atomic E-state index is 11.7. The van der Waals surface area contributed by atoms with Crippen molar-refractivity contribution in [2.24, 2.45) is 17.3 Å². The first-order valence-electron chi connectivity index (χ1n) is 5.89. The van der Waals surface area contributed by atoms with Crippen molar-refractivity contribution < 1.29 is 9.59 Å². The normalized spacial score (nSPS) is 36.5. The van der Waals surface area contributed by atoms with Crippen LogP contribution >= 0.6 is 0 Å². The van der Waals surface area contributed by atoms with Gasteiger partial charge in [0.2, 0.25) is 11.8 Å². The Bertz CT molecular complexity index is 296. The Labute approximate surface area is 90.6 Å². The van der Waals surface area contributed by atoms with Gasteiger partial charge in [-0.05, 0) is 24.2 Å². The predicted octanol–water partition coefficient (Wildman–Crippen LogP) is 1.87. The maximum atomic E-state index is 11.7. The Morgan fingerprint density at radius 2 is 2.07 bits per heavy atom. The molecule has 2 fully saturated rings. The average Bonchev–Trinajstić information content (AvgIpc) is 2.86. The van der Waals surface area contributed by atoms with Crippen LogP contribution in [0.15, 0.2) is 0 Å². The number of hydrogen-bond donors (Lipinski definition) is 1. The average molecular weight is 209 g/mol. The molecule has 1 heterocycles. The molecule has 1 saturated heterocycles. The number of imide groups is 1. The Kier molecular flexibility index (Phi) is 2.57. The van der Waals surface area contributed by atoms with Crippen molar-refractivity contribution in [1.29, 1.82) is 0 Å². The predicted molar refractivity (Wildman–Crippen MR) is 57.0 cm³/mol. The lowest BCUT2D eigenvalue weighted by atomic mass is 9.67. The molecule has 2 aliphatic rings. The van der Waals surface area contributed by atoms with Gasteiger partial charge in [0.05, 0.1) is 0 Å². The second kappa shape index (κ2) is 3.62. The fourth-order valence-corrected chi connectivity index (χ4v) is 2.95. The van der Waals surface area contributed by atoms with Crippen molar-refractivity contribution in [3.8, 4) is 0 Å². The Morgan fingerprint density at radius 1 is 1.40 bits per heavy atom. The molecule has 3 heteroatoms. The van der Waals surface area contributed by atoms with Crippen molar-refractivity contribution in [2.75, 3.05) is 0 Å². The topological polar surface area (TPSA) is 46.2 Å². The lowest BCUT2D eigenvalue weighted by Gasteiger charge is -2.39. The fourth-order valence-electron chi connectivity index (χ4n) is 2.95. The van der Waals surface area contributed by atoms with E-state index in [0.29, 0.717) is 6.42 Å². The lowest BCUT2D eigenvalue weighted by molar-refractivity contribution is -0.143. The van der Waals surface area contributed by atoms with Crippen LogP contribution in [0.25, 0.3) is 0 Å². The molecule has 1 aliphatic heterocycles. The van der Waals surface area contributed by atoms with Gasteiger partial charge >= 0.3 is 0 Å². The zero-order valence-corrected chi connectivity index (χ0v) is 9.51. The van der Waals surface area contributed by atoms with E-state index in [9.17, 15) is 9.59 Å². The van der Waals surface area contributed by atoms with Gasteiger partial charge in [0.25, 0.3) is 0 Å². The van der Waals surface area contributed by atoms with Crippen LogP contribution in [0, 0.1) is 17.3 Å². The molecule has 2 atom stereocenters. The smallest absolute Gasteiger partial charge is 0.230 e. The van der Waals surface area contributed by atoms with Crippen molar-refractivity contribution >= 4 is 11.8 Å². The van der Waals surface area contributed by atoms with Crippen LogP contribution in [0.1, 0.15) is 46.0 Å². The minimum Gasteiger partial charge on any atom is -0.296 e. The molecule has 2 rings (SSSR count). The van der Waals surface area contributed by atoms with Crippen molar-refractivity contribution in [2.45, 2.75) is 46.0 Å². The molecule has 84 valence electrons. The molecule has 2 unspecified atom stereocenters. The Hall–Kier alpha value is -0.860. The van der Waals surface area contributed by atoms with Crippen LogP contribution < -0.4 is 5.32 Å². The van der Waals surface area contributed by atoms with E-state index in [1.807, 2.05) is 6.92 Å². The molecule has 0 aromatic carbocycles. The van der Waals surface area contributed by atoms with Crippen molar-refractivity contribution in [1.82, 2.24) is 5.32 Å². The highest BCUT2D eigenvalue weighted by atomic mass is 16.2. The van der Waals surface area contributed by atoms with E-state index in [4.69, 9.17) is 0 Å². The first kappa shape index (κ1) is 10.7. The van der Waals surface area contributed by atoms with Gasteiger partial charge in [-0.3, -0.25) is 14.9 Å². The zero-order chi connectivity index (χ0) is 11.1. The molecule has 15 heavy (non-hydrogen) atoms. The second-order valence-corrected chi connectivity index (χ2v) is 5.35. The highest BCUT2D eigenvalue weighted by molar-refractivity contribution is 5.99. The van der Waals surface area contributed by atoms with Crippen LogP contribution in [0.3, 0.4) is 0 Å². The van der Waals surface area contributed by atoms with Crippen molar-refractivity contribution in [3.63, 3.8) is 0 Å². The van der Waals surface area contributed by atoms with Crippen LogP contribution in [0.4, 0.5) is 0 Å². The molecular formula is C12H19NO2. The SMILES string of the molecule is CCC1C(=O)NC(=O)CC1(C)CC1CC1. The molecule has 0 bridgehead atoms. The summed E-state index contributed by atoms with van der Waals surface area (Å²) in [4.78, 5) is 23.1. The number of rotatable bonds is 3. The summed E-state index contributed by atoms with van der Waals surface area (Å²) >= 11 is 0. The summed E-state index contributed by atoms with van der Waals surface area (Å²) in [6, 6.07) is 0. The monoisotopic (exact) mass is 209 g/mol. The van der Waals surface area contributed by atoms with Crippen LogP contribution in [0.5, 0.6) is 0 Å². The molecule has 0 spiro atoms. The van der Waals surface area contributed by atoms with Gasteiger partial charge in [-0.2, -0.15) is 0 Å². The molecule has 0 aromatic rings. The number of amides is 2. The second-order valence-electron chi connectivity index (χ2n) is 5.35. The fraction of sp³-hybridized carbons (Fsp3) is 0.833. The van der Waals surface area contributed by atoms with E-state index in [1.165, 1.54) is 12.8 Å². The van der Waals surface area contributed by atoms with Gasteiger partial charge in [-0.15, -0.1) is 0 Å². The summed E-state index contributed by atoms with van der Waals surface area (Å²) in [5.41, 5.74) is -0.0880. The molecule has 2 amide bonds. The largest absolute Gasteiger partial charge is 0.296 e. The molecule has 1 saturated carbocycles. The minimum absolute atomic E-state index is 0.0239. The summed E-state index contributed by atoms with van der Waals surface area (Å²) in [7, 11) is 0. The Balaban J connectivity index is 2.15. The van der Waals surface area contributed by atoms with E-state index in [2.05, 4.69) is 12.2 Å². The van der Waals surface area contributed by atoms with Crippen molar-refractivity contribution in [3.05, 3.63) is 0 Å². The summed E-state index contributed by atoms with van der Waals surface area (Å²) in [6.45, 7) is 4.14. The molecular weight excluding hydrogens is 190 g/mol. The summed E-state index contributed by atoms with van der Waals surface area (Å²) in [5, 5.41) is 2.45. The highest BCUT2D eigenvalue weighted by Crippen LogP contribution is 2.48. The number of hydrogen-bond acceptors (Lipinski definition) is 2. The maximum Gasteiger partial charge on any atom is 0.230 e. The quantitative estimate of drug-likeness (QED) is 0.721. The lowest BCUT2D eigenvalue weighted by Crippen LogP contribution is -2.50. The minimum atomic E-state index is -0.0900. The molecule has 1 aliphatic carbocycles. The number of carbonyl (C=O) groups is 2. The summed E-state index contributed by atoms with van der Waals surface area (Å²) in [5.74, 6) is 0.642. The van der Waals surface area contributed by atoms with Gasteiger partial charge in [0.1, 0.15) is 0 Å². The van der Waals surface area contributed by atoms with Crippen LogP contribution in [-0.4, -0.2) is 11.8 Å². The van der Waals surface area contributed by atoms with E-state index in [1.54, 1.807) is 0 Å². The molecule has 3 nitrogen and oxygen atoms in total. The van der Waals surface area contributed by atoms with Gasteiger partial charge in [-0.1, -0.05) is 26.7 Å². The first-order chi connectivity index (χ1) is 7.05. The number of piperidine rings is 1. The molecule has 0 aromatic heterocycles. The third kappa shape index (κ3) is 2.06. The number of nitrogens with one attached hydrogen (secondary N) is 1. The third-order valence-electron chi connectivity index (χ3n) is 3.84. The number of carbonyl (C=O) groups excluding carboxylic acids is 2. The van der Waals surface area contributed by atoms with Gasteiger partial charge in [0.15, 0.2) is 0 Å². The third-order valence-corrected chi connectivity index (χ3v) is 3.84. The summed E-state index contributed by atoms with van der Waals surface area (Å²) < 4.78 is 0. The molecule has 1 N–H and O–H groups in total. The van der Waals surface area contributed by atoms with Crippen LogP contribution in [-0.2, 0) is 9.59 Å². The van der Waals surface area contributed by atoms with Gasteiger partial charge in [-0.25, -0.2) is 0 Å². The first-order valence-corrected chi connectivity index (χ1v) is 5.89. The van der Waals surface area contributed by atoms with E-state index < -0.39 is 0 Å². The standard InChI is InChI=1S/C12H19NO2/c1-3-9-11(15)13-10(14)7-12(9,2)6-8-4-5-8/h8-9H,3-7H2,1-2H3,(H,13,14,15). The zero-order valence-electron chi connectivity index (χ0n) is 9.51. The highest BCUT2D eigenvalue weighted by Gasteiger charge is 2.46. The Morgan fingerprint density at radius 3 is 2.60 bits per heavy atom. The van der Waals surface area contributed by atoms with Gasteiger partial charge < -0.3 is 0 Å². The molecule has 0 radical (unpaired) electrons. The van der Waals surface area contributed by atoms with E-state index in [0.717, 1.165) is 18.8 Å².